The van der Waals surface area contributed by atoms with Crippen molar-refractivity contribution in [2.75, 3.05) is 13.7 Å². The molecule has 3 atom stereocenters. The molecule has 0 radical (unpaired) electrons. The predicted octanol–water partition coefficient (Wildman–Crippen LogP) is 3.94. The zero-order valence-electron chi connectivity index (χ0n) is 24.7. The predicted molar refractivity (Wildman–Crippen MR) is 165 cm³/mol. The summed E-state index contributed by atoms with van der Waals surface area (Å²) >= 11 is 0. The van der Waals surface area contributed by atoms with Crippen LogP contribution in [0.3, 0.4) is 0 Å². The Labute approximate surface area is 248 Å². The van der Waals surface area contributed by atoms with Crippen LogP contribution in [0, 0.1) is 11.8 Å². The van der Waals surface area contributed by atoms with E-state index in [1.807, 2.05) is 36.2 Å². The minimum absolute atomic E-state index is 0.00891. The SMILES string of the molecule is COc1cc(C(=O)N2CC3CCC2C3N)cc2nc(-c3cc4ccc(-c5ccn(C)c(=O)c5)nc4n3CC3CC3)n(C)c12. The summed E-state index contributed by atoms with van der Waals surface area (Å²) in [5.41, 5.74) is 11.9. The van der Waals surface area contributed by atoms with Crippen LogP contribution in [0.4, 0.5) is 0 Å². The normalized spacial score (nSPS) is 21.4. The molecular weight excluding hydrogens is 542 g/mol. The molecule has 8 rings (SSSR count). The number of fused-ring (bicyclic) bond motifs is 4. The van der Waals surface area contributed by atoms with Gasteiger partial charge in [-0.3, -0.25) is 9.59 Å². The Hall–Kier alpha value is -4.44. The molecule has 3 unspecified atom stereocenters. The standard InChI is InChI=1S/C33H35N7O3/c1-37-11-10-19(15-28(37)41)23-8-6-20-13-26(39(31(20)35-23)16-18-4-5-18)32-36-24-12-22(14-27(43-3)30(24)38(32)2)33(42)40-17-21-7-9-25(40)29(21)34/h6,8,10-15,18,21,25,29H,4-5,7,9,16-17,34H2,1-3H3. The minimum Gasteiger partial charge on any atom is -0.494 e. The van der Waals surface area contributed by atoms with Gasteiger partial charge in [-0.25, -0.2) is 9.97 Å². The molecule has 1 aromatic carbocycles. The van der Waals surface area contributed by atoms with E-state index in [1.54, 1.807) is 31.0 Å². The van der Waals surface area contributed by atoms with E-state index in [2.05, 4.69) is 21.3 Å². The monoisotopic (exact) mass is 577 g/mol. The van der Waals surface area contributed by atoms with E-state index in [-0.39, 0.29) is 23.6 Å². The largest absolute Gasteiger partial charge is 0.494 e. The number of carbonyl (C=O) groups excluding carboxylic acids is 1. The van der Waals surface area contributed by atoms with Gasteiger partial charge in [0.15, 0.2) is 5.82 Å². The van der Waals surface area contributed by atoms with Gasteiger partial charge in [0.1, 0.15) is 16.9 Å². The van der Waals surface area contributed by atoms with Crippen molar-refractivity contribution in [1.82, 2.24) is 28.6 Å². The second kappa shape index (κ2) is 9.54. The van der Waals surface area contributed by atoms with Crippen LogP contribution in [-0.4, -0.2) is 60.2 Å². The van der Waals surface area contributed by atoms with E-state index in [0.29, 0.717) is 35.2 Å². The molecule has 5 aromatic rings. The lowest BCUT2D eigenvalue weighted by molar-refractivity contribution is 0.0700. The summed E-state index contributed by atoms with van der Waals surface area (Å²) in [5.74, 6) is 2.38. The number of pyridine rings is 2. The van der Waals surface area contributed by atoms with Gasteiger partial charge in [-0.2, -0.15) is 0 Å². The number of nitrogens with two attached hydrogens (primary N) is 1. The fraction of sp³-hybridized carbons (Fsp3) is 0.394. The van der Waals surface area contributed by atoms with Gasteiger partial charge in [0.05, 0.1) is 24.0 Å². The Morgan fingerprint density at radius 2 is 1.88 bits per heavy atom. The quantitative estimate of drug-likeness (QED) is 0.327. The third kappa shape index (κ3) is 4.11. The van der Waals surface area contributed by atoms with Gasteiger partial charge in [0.2, 0.25) is 0 Å². The first-order valence-electron chi connectivity index (χ1n) is 15.1. The molecule has 1 amide bonds. The first kappa shape index (κ1) is 26.2. The maximum absolute atomic E-state index is 13.7. The van der Waals surface area contributed by atoms with Crippen LogP contribution in [0.15, 0.2) is 53.5 Å². The van der Waals surface area contributed by atoms with Crippen LogP contribution in [0.5, 0.6) is 5.75 Å². The van der Waals surface area contributed by atoms with Crippen LogP contribution >= 0.6 is 0 Å². The van der Waals surface area contributed by atoms with Crippen LogP contribution < -0.4 is 16.0 Å². The van der Waals surface area contributed by atoms with Crippen molar-refractivity contribution in [3.63, 3.8) is 0 Å². The highest BCUT2D eigenvalue weighted by molar-refractivity contribution is 6.00. The highest BCUT2D eigenvalue weighted by atomic mass is 16.5. The summed E-state index contributed by atoms with van der Waals surface area (Å²) in [5, 5.41) is 1.01. The number of piperidine rings is 1. The summed E-state index contributed by atoms with van der Waals surface area (Å²) in [6, 6.07) is 13.6. The van der Waals surface area contributed by atoms with Gasteiger partial charge >= 0.3 is 0 Å². The molecular formula is C33H35N7O3. The van der Waals surface area contributed by atoms with E-state index in [1.165, 1.54) is 12.8 Å². The topological polar surface area (TPSA) is 113 Å². The molecule has 1 saturated heterocycles. The molecule has 4 aromatic heterocycles. The number of ether oxygens (including phenoxy) is 1. The summed E-state index contributed by atoms with van der Waals surface area (Å²) in [7, 11) is 5.37. The van der Waals surface area contributed by atoms with Crippen molar-refractivity contribution in [2.45, 2.75) is 44.3 Å². The summed E-state index contributed by atoms with van der Waals surface area (Å²) in [6.45, 7) is 1.56. The van der Waals surface area contributed by atoms with Gasteiger partial charge in [-0.15, -0.1) is 0 Å². The van der Waals surface area contributed by atoms with Crippen molar-refractivity contribution < 1.29 is 9.53 Å². The lowest BCUT2D eigenvalue weighted by atomic mass is 10.1. The van der Waals surface area contributed by atoms with E-state index >= 15 is 0 Å². The Morgan fingerprint density at radius 3 is 2.58 bits per heavy atom. The Balaban J connectivity index is 1.24. The lowest BCUT2D eigenvalue weighted by Crippen LogP contribution is -2.41. The van der Waals surface area contributed by atoms with Gasteiger partial charge in [-0.05, 0) is 73.9 Å². The third-order valence-corrected chi connectivity index (χ3v) is 9.83. The highest BCUT2D eigenvalue weighted by Gasteiger charge is 2.47. The number of amides is 1. The molecule has 10 nitrogen and oxygen atoms in total. The third-order valence-electron chi connectivity index (χ3n) is 9.83. The van der Waals surface area contributed by atoms with Crippen molar-refractivity contribution >= 4 is 28.0 Å². The average Bonchev–Trinajstić information content (AvgIpc) is 3.42. The van der Waals surface area contributed by atoms with Crippen LogP contribution in [-0.2, 0) is 20.6 Å². The number of carbonyl (C=O) groups is 1. The molecule has 10 heteroatoms. The number of methoxy groups -OCH3 is 1. The molecule has 2 bridgehead atoms. The maximum atomic E-state index is 13.7. The number of aryl methyl sites for hydroxylation is 2. The molecule has 0 spiro atoms. The van der Waals surface area contributed by atoms with Crippen molar-refractivity contribution in [3.05, 3.63) is 64.6 Å². The number of aromatic nitrogens is 5. The van der Waals surface area contributed by atoms with Gasteiger partial charge < -0.3 is 29.1 Å². The van der Waals surface area contributed by atoms with Crippen molar-refractivity contribution in [2.24, 2.45) is 31.7 Å². The van der Waals surface area contributed by atoms with Gasteiger partial charge in [-0.1, -0.05) is 0 Å². The fourth-order valence-corrected chi connectivity index (χ4v) is 7.19. The molecule has 1 aliphatic heterocycles. The second-order valence-electron chi connectivity index (χ2n) is 12.5. The smallest absolute Gasteiger partial charge is 0.254 e. The summed E-state index contributed by atoms with van der Waals surface area (Å²) < 4.78 is 11.7. The van der Waals surface area contributed by atoms with E-state index in [0.717, 1.165) is 58.7 Å². The molecule has 2 aliphatic carbocycles. The highest BCUT2D eigenvalue weighted by Crippen LogP contribution is 2.40. The van der Waals surface area contributed by atoms with E-state index < -0.39 is 0 Å². The minimum atomic E-state index is -0.0694. The Morgan fingerprint density at radius 1 is 1.05 bits per heavy atom. The van der Waals surface area contributed by atoms with Gasteiger partial charge in [0.25, 0.3) is 11.5 Å². The number of imidazole rings is 1. The molecule has 3 aliphatic rings. The number of likely N-dealkylation sites (tertiary alicyclic amines) is 1. The number of rotatable bonds is 6. The molecule has 5 heterocycles. The number of nitrogens with zero attached hydrogens (tertiary/aromatic N) is 6. The summed E-state index contributed by atoms with van der Waals surface area (Å²) in [6.07, 6.45) is 6.21. The number of benzene rings is 1. The Kier molecular flexibility index (Phi) is 5.81. The first-order valence-corrected chi connectivity index (χ1v) is 15.1. The number of hydrogen-bond donors (Lipinski definition) is 1. The average molecular weight is 578 g/mol. The second-order valence-corrected chi connectivity index (χ2v) is 12.5. The van der Waals surface area contributed by atoms with Crippen molar-refractivity contribution in [1.29, 1.82) is 0 Å². The lowest BCUT2D eigenvalue weighted by Gasteiger charge is -2.27. The molecule has 2 saturated carbocycles. The zero-order chi connectivity index (χ0) is 29.6. The van der Waals surface area contributed by atoms with Gasteiger partial charge in [0, 0.05) is 68.0 Å². The molecule has 43 heavy (non-hydrogen) atoms. The number of hydrogen-bond acceptors (Lipinski definition) is 6. The molecule has 2 N–H and O–H groups in total. The van der Waals surface area contributed by atoms with Crippen LogP contribution in [0.25, 0.3) is 44.8 Å². The van der Waals surface area contributed by atoms with Crippen LogP contribution in [0.2, 0.25) is 0 Å². The zero-order valence-corrected chi connectivity index (χ0v) is 24.7. The van der Waals surface area contributed by atoms with E-state index in [9.17, 15) is 9.59 Å². The summed E-state index contributed by atoms with van der Waals surface area (Å²) in [4.78, 5) is 38.1. The molecule has 3 fully saturated rings. The molecule has 220 valence electrons. The fourth-order valence-electron chi connectivity index (χ4n) is 7.19. The first-order chi connectivity index (χ1) is 20.8. The van der Waals surface area contributed by atoms with Crippen LogP contribution in [0.1, 0.15) is 36.0 Å². The van der Waals surface area contributed by atoms with Crippen molar-refractivity contribution in [3.8, 4) is 28.5 Å². The maximum Gasteiger partial charge on any atom is 0.254 e. The Bertz CT molecular complexity index is 2000. The van der Waals surface area contributed by atoms with E-state index in [4.69, 9.17) is 20.4 Å².